The second-order valence-electron chi connectivity index (χ2n) is 4.61. The van der Waals surface area contributed by atoms with E-state index in [1.165, 1.54) is 12.3 Å². The Kier molecular flexibility index (Phi) is 3.12. The SMILES string of the molecule is NC1(c2ncccc2C(F)(F)F)CCCCC1. The first-order valence-electron chi connectivity index (χ1n) is 5.75. The first kappa shape index (κ1) is 12.4. The van der Waals surface area contributed by atoms with Gasteiger partial charge < -0.3 is 5.73 Å². The number of nitrogens with two attached hydrogens (primary N) is 1. The van der Waals surface area contributed by atoms with E-state index >= 15 is 0 Å². The number of halogens is 3. The van der Waals surface area contributed by atoms with Gasteiger partial charge >= 0.3 is 6.18 Å². The summed E-state index contributed by atoms with van der Waals surface area (Å²) in [6.07, 6.45) is 0.920. The number of rotatable bonds is 1. The monoisotopic (exact) mass is 244 g/mol. The van der Waals surface area contributed by atoms with Crippen molar-refractivity contribution in [1.29, 1.82) is 0 Å². The van der Waals surface area contributed by atoms with Crippen molar-refractivity contribution in [1.82, 2.24) is 4.98 Å². The summed E-state index contributed by atoms with van der Waals surface area (Å²) >= 11 is 0. The van der Waals surface area contributed by atoms with Crippen LogP contribution in [0.4, 0.5) is 13.2 Å². The summed E-state index contributed by atoms with van der Waals surface area (Å²) in [6.45, 7) is 0. The van der Waals surface area contributed by atoms with Crippen molar-refractivity contribution in [2.75, 3.05) is 0 Å². The van der Waals surface area contributed by atoms with Gasteiger partial charge in [-0.05, 0) is 25.0 Å². The summed E-state index contributed by atoms with van der Waals surface area (Å²) in [5.74, 6) is 0. The van der Waals surface area contributed by atoms with Gasteiger partial charge in [0.15, 0.2) is 0 Å². The number of nitrogens with zero attached hydrogens (tertiary/aromatic N) is 1. The van der Waals surface area contributed by atoms with Crippen LogP contribution in [0.25, 0.3) is 0 Å². The predicted molar refractivity (Wildman–Crippen MR) is 58.2 cm³/mol. The maximum Gasteiger partial charge on any atom is 0.418 e. The van der Waals surface area contributed by atoms with Gasteiger partial charge in [-0.25, -0.2) is 0 Å². The van der Waals surface area contributed by atoms with Gasteiger partial charge in [0.2, 0.25) is 0 Å². The zero-order valence-corrected chi connectivity index (χ0v) is 9.43. The highest BCUT2D eigenvalue weighted by Gasteiger charge is 2.41. The zero-order chi connectivity index (χ0) is 12.5. The third-order valence-corrected chi connectivity index (χ3v) is 3.33. The molecule has 1 fully saturated rings. The minimum atomic E-state index is -4.38. The highest BCUT2D eigenvalue weighted by atomic mass is 19.4. The third kappa shape index (κ3) is 2.44. The first-order valence-corrected chi connectivity index (χ1v) is 5.75. The lowest BCUT2D eigenvalue weighted by Gasteiger charge is -2.34. The van der Waals surface area contributed by atoms with E-state index in [9.17, 15) is 13.2 Å². The van der Waals surface area contributed by atoms with E-state index in [0.29, 0.717) is 12.8 Å². The molecule has 0 atom stereocenters. The molecule has 1 heterocycles. The van der Waals surface area contributed by atoms with E-state index in [1.54, 1.807) is 0 Å². The number of hydrogen-bond donors (Lipinski definition) is 1. The fraction of sp³-hybridized carbons (Fsp3) is 0.583. The molecular weight excluding hydrogens is 229 g/mol. The van der Waals surface area contributed by atoms with Crippen LogP contribution in [0.5, 0.6) is 0 Å². The quantitative estimate of drug-likeness (QED) is 0.823. The predicted octanol–water partition coefficient (Wildman–Crippen LogP) is 3.22. The average Bonchev–Trinajstić information content (AvgIpc) is 2.29. The summed E-state index contributed by atoms with van der Waals surface area (Å²) in [6, 6.07) is 2.37. The molecule has 1 aromatic heterocycles. The van der Waals surface area contributed by atoms with Crippen LogP contribution in [0.2, 0.25) is 0 Å². The Morgan fingerprint density at radius 1 is 1.18 bits per heavy atom. The minimum Gasteiger partial charge on any atom is -0.320 e. The molecule has 5 heteroatoms. The van der Waals surface area contributed by atoms with Crippen molar-refractivity contribution in [3.63, 3.8) is 0 Å². The van der Waals surface area contributed by atoms with Crippen LogP contribution in [0.15, 0.2) is 18.3 Å². The summed E-state index contributed by atoms with van der Waals surface area (Å²) in [5.41, 5.74) is 4.52. The van der Waals surface area contributed by atoms with Crippen molar-refractivity contribution in [2.24, 2.45) is 5.73 Å². The molecule has 0 saturated heterocycles. The lowest BCUT2D eigenvalue weighted by Crippen LogP contribution is -2.41. The van der Waals surface area contributed by atoms with Gasteiger partial charge in [0, 0.05) is 6.20 Å². The first-order chi connectivity index (χ1) is 7.93. The van der Waals surface area contributed by atoms with E-state index in [4.69, 9.17) is 5.73 Å². The zero-order valence-electron chi connectivity index (χ0n) is 9.43. The molecule has 0 unspecified atom stereocenters. The van der Waals surface area contributed by atoms with Crippen molar-refractivity contribution < 1.29 is 13.2 Å². The Labute approximate surface area is 98.0 Å². The van der Waals surface area contributed by atoms with Gasteiger partial charge in [-0.1, -0.05) is 19.3 Å². The standard InChI is InChI=1S/C12H15F3N2/c13-12(14,15)9-5-4-8-17-10(9)11(16)6-2-1-3-7-11/h4-5,8H,1-3,6-7,16H2. The van der Waals surface area contributed by atoms with Gasteiger partial charge in [0.1, 0.15) is 0 Å². The maximum atomic E-state index is 12.9. The molecule has 2 nitrogen and oxygen atoms in total. The number of aromatic nitrogens is 1. The molecule has 1 aromatic rings. The van der Waals surface area contributed by atoms with Gasteiger partial charge in [0.25, 0.3) is 0 Å². The molecule has 0 amide bonds. The lowest BCUT2D eigenvalue weighted by atomic mass is 9.78. The average molecular weight is 244 g/mol. The largest absolute Gasteiger partial charge is 0.418 e. The number of pyridine rings is 1. The summed E-state index contributed by atoms with van der Waals surface area (Å²) in [4.78, 5) is 3.90. The molecule has 0 aliphatic heterocycles. The van der Waals surface area contributed by atoms with Crippen LogP contribution in [0, 0.1) is 0 Å². The van der Waals surface area contributed by atoms with Crippen molar-refractivity contribution >= 4 is 0 Å². The van der Waals surface area contributed by atoms with Crippen molar-refractivity contribution in [3.05, 3.63) is 29.6 Å². The molecule has 1 aliphatic rings. The van der Waals surface area contributed by atoms with E-state index < -0.39 is 17.3 Å². The van der Waals surface area contributed by atoms with Gasteiger partial charge in [0.05, 0.1) is 16.8 Å². The fourth-order valence-electron chi connectivity index (χ4n) is 2.45. The number of hydrogen-bond acceptors (Lipinski definition) is 2. The Hall–Kier alpha value is -1.10. The molecule has 1 saturated carbocycles. The second kappa shape index (κ2) is 4.29. The van der Waals surface area contributed by atoms with E-state index in [0.717, 1.165) is 25.3 Å². The fourth-order valence-corrected chi connectivity index (χ4v) is 2.45. The van der Waals surface area contributed by atoms with Gasteiger partial charge in [-0.15, -0.1) is 0 Å². The molecule has 0 bridgehead atoms. The number of alkyl halides is 3. The molecule has 0 aromatic carbocycles. The lowest BCUT2D eigenvalue weighted by molar-refractivity contribution is -0.139. The molecule has 17 heavy (non-hydrogen) atoms. The van der Waals surface area contributed by atoms with E-state index in [-0.39, 0.29) is 5.69 Å². The van der Waals surface area contributed by atoms with Crippen LogP contribution in [0.1, 0.15) is 43.4 Å². The molecule has 0 spiro atoms. The van der Waals surface area contributed by atoms with Gasteiger partial charge in [-0.2, -0.15) is 13.2 Å². The minimum absolute atomic E-state index is 0.00667. The Balaban J connectivity index is 2.44. The molecule has 2 rings (SSSR count). The highest BCUT2D eigenvalue weighted by molar-refractivity contribution is 5.29. The smallest absolute Gasteiger partial charge is 0.320 e. The topological polar surface area (TPSA) is 38.9 Å². The molecule has 94 valence electrons. The Bertz CT molecular complexity index is 395. The highest BCUT2D eigenvalue weighted by Crippen LogP contribution is 2.40. The van der Waals surface area contributed by atoms with Crippen LogP contribution in [0.3, 0.4) is 0 Å². The van der Waals surface area contributed by atoms with Crippen LogP contribution in [-0.4, -0.2) is 4.98 Å². The van der Waals surface area contributed by atoms with Crippen LogP contribution in [-0.2, 0) is 11.7 Å². The summed E-state index contributed by atoms with van der Waals surface area (Å²) in [7, 11) is 0. The van der Waals surface area contributed by atoms with Crippen molar-refractivity contribution in [2.45, 2.75) is 43.8 Å². The van der Waals surface area contributed by atoms with Crippen LogP contribution >= 0.6 is 0 Å². The Morgan fingerprint density at radius 3 is 2.41 bits per heavy atom. The third-order valence-electron chi connectivity index (χ3n) is 3.33. The molecule has 2 N–H and O–H groups in total. The molecular formula is C12H15F3N2. The maximum absolute atomic E-state index is 12.9. The normalized spacial score (nSPS) is 20.2. The molecule has 0 radical (unpaired) electrons. The van der Waals surface area contributed by atoms with E-state index in [2.05, 4.69) is 4.98 Å². The van der Waals surface area contributed by atoms with Crippen molar-refractivity contribution in [3.8, 4) is 0 Å². The molecule has 1 aliphatic carbocycles. The Morgan fingerprint density at radius 2 is 1.82 bits per heavy atom. The van der Waals surface area contributed by atoms with Crippen LogP contribution < -0.4 is 5.73 Å². The van der Waals surface area contributed by atoms with Gasteiger partial charge in [-0.3, -0.25) is 4.98 Å². The summed E-state index contributed by atoms with van der Waals surface area (Å²) < 4.78 is 38.6. The summed E-state index contributed by atoms with van der Waals surface area (Å²) in [5, 5.41) is 0. The second-order valence-corrected chi connectivity index (χ2v) is 4.61. The van der Waals surface area contributed by atoms with E-state index in [1.807, 2.05) is 0 Å².